The zero-order valence-corrected chi connectivity index (χ0v) is 11.3. The maximum absolute atomic E-state index is 9.93. The van der Waals surface area contributed by atoms with Crippen molar-refractivity contribution >= 4 is 0 Å². The van der Waals surface area contributed by atoms with E-state index in [0.717, 1.165) is 0 Å². The largest absolute Gasteiger partial charge is 0.493 e. The Labute approximate surface area is 113 Å². The number of aliphatic hydroxyl groups is 1. The molecule has 1 unspecified atom stereocenters. The Balaban J connectivity index is 3.39. The van der Waals surface area contributed by atoms with Crippen LogP contribution in [0.15, 0.2) is 12.1 Å². The summed E-state index contributed by atoms with van der Waals surface area (Å²) in [7, 11) is 3.07. The third kappa shape index (κ3) is 3.66. The molecule has 0 heterocycles. The monoisotopic (exact) mass is 259 g/mol. The molecule has 4 nitrogen and oxygen atoms in total. The van der Waals surface area contributed by atoms with Crippen LogP contribution < -0.4 is 15.2 Å². The Bertz CT molecular complexity index is 558. The summed E-state index contributed by atoms with van der Waals surface area (Å²) in [5.41, 5.74) is 6.72. The lowest BCUT2D eigenvalue weighted by Gasteiger charge is -2.15. The first-order valence-corrected chi connectivity index (χ1v) is 5.74. The van der Waals surface area contributed by atoms with Crippen LogP contribution in [0.2, 0.25) is 0 Å². The predicted octanol–water partition coefficient (Wildman–Crippen LogP) is 1.07. The summed E-state index contributed by atoms with van der Waals surface area (Å²) < 4.78 is 10.4. The van der Waals surface area contributed by atoms with Gasteiger partial charge in [0.2, 0.25) is 0 Å². The highest BCUT2D eigenvalue weighted by molar-refractivity contribution is 5.55. The zero-order chi connectivity index (χ0) is 14.3. The van der Waals surface area contributed by atoms with Gasteiger partial charge in [-0.15, -0.1) is 0 Å². The average molecular weight is 259 g/mol. The minimum absolute atomic E-state index is 0.101. The summed E-state index contributed by atoms with van der Waals surface area (Å²) in [6.45, 7) is 1.81. The van der Waals surface area contributed by atoms with Gasteiger partial charge in [-0.1, -0.05) is 11.8 Å². The molecule has 0 fully saturated rings. The van der Waals surface area contributed by atoms with Gasteiger partial charge in [0.25, 0.3) is 0 Å². The number of rotatable bonds is 4. The van der Waals surface area contributed by atoms with Gasteiger partial charge in [0.05, 0.1) is 20.3 Å². The lowest BCUT2D eigenvalue weighted by atomic mass is 10.0. The highest BCUT2D eigenvalue weighted by Gasteiger charge is 2.15. The van der Waals surface area contributed by atoms with Gasteiger partial charge in [-0.2, -0.15) is 0 Å². The van der Waals surface area contributed by atoms with E-state index in [1.807, 2.05) is 0 Å². The van der Waals surface area contributed by atoms with Crippen LogP contribution in [0, 0.1) is 23.7 Å². The lowest BCUT2D eigenvalue weighted by Crippen LogP contribution is -2.13. The minimum atomic E-state index is -0.807. The van der Waals surface area contributed by atoms with Crippen molar-refractivity contribution in [1.29, 1.82) is 0 Å². The van der Waals surface area contributed by atoms with Crippen LogP contribution in [0.4, 0.5) is 0 Å². The zero-order valence-electron chi connectivity index (χ0n) is 11.3. The summed E-state index contributed by atoms with van der Waals surface area (Å²) in [5, 5.41) is 9.93. The van der Waals surface area contributed by atoms with Gasteiger partial charge in [0.1, 0.15) is 0 Å². The highest BCUT2D eigenvalue weighted by Crippen LogP contribution is 2.32. The minimum Gasteiger partial charge on any atom is -0.493 e. The second-order valence-corrected chi connectivity index (χ2v) is 3.67. The van der Waals surface area contributed by atoms with Gasteiger partial charge in [-0.25, -0.2) is 0 Å². The summed E-state index contributed by atoms with van der Waals surface area (Å²) in [4.78, 5) is 0. The van der Waals surface area contributed by atoms with Crippen molar-refractivity contribution < 1.29 is 14.6 Å². The third-order valence-corrected chi connectivity index (χ3v) is 2.52. The molecule has 0 saturated carbocycles. The molecule has 19 heavy (non-hydrogen) atoms. The maximum Gasteiger partial charge on any atom is 0.161 e. The summed E-state index contributed by atoms with van der Waals surface area (Å²) in [6.07, 6.45) is -0.807. The molecule has 1 aromatic carbocycles. The van der Waals surface area contributed by atoms with Crippen LogP contribution in [0.25, 0.3) is 0 Å². The van der Waals surface area contributed by atoms with Crippen LogP contribution >= 0.6 is 0 Å². The second-order valence-electron chi connectivity index (χ2n) is 3.67. The van der Waals surface area contributed by atoms with E-state index in [9.17, 15) is 5.11 Å². The number of hydrogen-bond acceptors (Lipinski definition) is 4. The SMILES string of the molecule is CC#CC#Cc1cc(OC)c(OC)cc1C(O)CN. The first-order chi connectivity index (χ1) is 9.17. The molecule has 0 bridgehead atoms. The van der Waals surface area contributed by atoms with Crippen molar-refractivity contribution in [1.82, 2.24) is 0 Å². The van der Waals surface area contributed by atoms with E-state index in [1.54, 1.807) is 26.2 Å². The Morgan fingerprint density at radius 2 is 1.84 bits per heavy atom. The number of aliphatic hydroxyl groups excluding tert-OH is 1. The van der Waals surface area contributed by atoms with Crippen molar-refractivity contribution in [2.75, 3.05) is 20.8 Å². The molecule has 1 rings (SSSR count). The molecule has 0 aliphatic carbocycles. The quantitative estimate of drug-likeness (QED) is 0.794. The molecule has 0 radical (unpaired) electrons. The number of methoxy groups -OCH3 is 2. The fourth-order valence-electron chi connectivity index (χ4n) is 1.57. The molecule has 3 N–H and O–H groups in total. The molecule has 0 saturated heterocycles. The molecular formula is C15H17NO3. The van der Waals surface area contributed by atoms with Crippen molar-refractivity contribution in [3.05, 3.63) is 23.3 Å². The van der Waals surface area contributed by atoms with Gasteiger partial charge in [0, 0.05) is 23.7 Å². The first-order valence-electron chi connectivity index (χ1n) is 5.74. The molecule has 1 atom stereocenters. The fraction of sp³-hybridized carbons (Fsp3) is 0.333. The molecule has 0 amide bonds. The van der Waals surface area contributed by atoms with Crippen molar-refractivity contribution in [3.8, 4) is 35.2 Å². The molecule has 0 aliphatic heterocycles. The lowest BCUT2D eigenvalue weighted by molar-refractivity contribution is 0.186. The molecule has 1 aromatic rings. The van der Waals surface area contributed by atoms with Crippen LogP contribution in [0.3, 0.4) is 0 Å². The maximum atomic E-state index is 9.93. The van der Waals surface area contributed by atoms with Crippen LogP contribution in [-0.2, 0) is 0 Å². The first kappa shape index (κ1) is 14.9. The smallest absolute Gasteiger partial charge is 0.161 e. The second kappa shape index (κ2) is 7.33. The van der Waals surface area contributed by atoms with Gasteiger partial charge in [0.15, 0.2) is 11.5 Å². The Hall–Kier alpha value is -2.14. The highest BCUT2D eigenvalue weighted by atomic mass is 16.5. The van der Waals surface area contributed by atoms with E-state index in [1.165, 1.54) is 7.11 Å². The van der Waals surface area contributed by atoms with E-state index in [4.69, 9.17) is 15.2 Å². The number of nitrogens with two attached hydrogens (primary N) is 1. The van der Waals surface area contributed by atoms with E-state index < -0.39 is 6.10 Å². The number of hydrogen-bond donors (Lipinski definition) is 2. The van der Waals surface area contributed by atoms with Gasteiger partial charge >= 0.3 is 0 Å². The van der Waals surface area contributed by atoms with E-state index >= 15 is 0 Å². The van der Waals surface area contributed by atoms with E-state index in [2.05, 4.69) is 23.7 Å². The van der Waals surface area contributed by atoms with Crippen molar-refractivity contribution in [3.63, 3.8) is 0 Å². The molecule has 0 aromatic heterocycles. The summed E-state index contributed by atoms with van der Waals surface area (Å²) in [5.74, 6) is 12.0. The number of benzene rings is 1. The molecule has 0 spiro atoms. The molecule has 0 aliphatic rings. The predicted molar refractivity (Wildman–Crippen MR) is 73.9 cm³/mol. The van der Waals surface area contributed by atoms with Gasteiger partial charge < -0.3 is 20.3 Å². The Morgan fingerprint density at radius 3 is 2.37 bits per heavy atom. The van der Waals surface area contributed by atoms with E-state index in [0.29, 0.717) is 22.6 Å². The van der Waals surface area contributed by atoms with E-state index in [-0.39, 0.29) is 6.54 Å². The van der Waals surface area contributed by atoms with Gasteiger partial charge in [-0.05, 0) is 24.8 Å². The van der Waals surface area contributed by atoms with Crippen molar-refractivity contribution in [2.45, 2.75) is 13.0 Å². The summed E-state index contributed by atoms with van der Waals surface area (Å²) in [6, 6.07) is 3.39. The van der Waals surface area contributed by atoms with Crippen LogP contribution in [-0.4, -0.2) is 25.9 Å². The fourth-order valence-corrected chi connectivity index (χ4v) is 1.57. The topological polar surface area (TPSA) is 64.7 Å². The molecule has 100 valence electrons. The molecule has 4 heteroatoms. The third-order valence-electron chi connectivity index (χ3n) is 2.52. The van der Waals surface area contributed by atoms with Crippen LogP contribution in [0.5, 0.6) is 11.5 Å². The standard InChI is InChI=1S/C15H17NO3/c1-4-5-6-7-11-8-14(18-2)15(19-3)9-12(11)13(17)10-16/h8-9,13,17H,10,16H2,1-3H3. The van der Waals surface area contributed by atoms with Crippen LogP contribution in [0.1, 0.15) is 24.2 Å². The Kier molecular flexibility index (Phi) is 5.75. The van der Waals surface area contributed by atoms with Gasteiger partial charge in [-0.3, -0.25) is 0 Å². The Morgan fingerprint density at radius 1 is 1.21 bits per heavy atom. The summed E-state index contributed by atoms with van der Waals surface area (Å²) >= 11 is 0. The molecular weight excluding hydrogens is 242 g/mol. The average Bonchev–Trinajstić information content (AvgIpc) is 2.46. The van der Waals surface area contributed by atoms with Crippen molar-refractivity contribution in [2.24, 2.45) is 5.73 Å². The normalized spacial score (nSPS) is 10.6. The number of ether oxygens (including phenoxy) is 2.